The minimum atomic E-state index is -0.628. The molecule has 180 valence electrons. The van der Waals surface area contributed by atoms with Crippen molar-refractivity contribution in [3.8, 4) is 5.75 Å². The van der Waals surface area contributed by atoms with E-state index in [0.717, 1.165) is 36.2 Å². The second-order valence-corrected chi connectivity index (χ2v) is 9.44. The Morgan fingerprint density at radius 3 is 2.76 bits per heavy atom. The third-order valence-electron chi connectivity index (χ3n) is 6.30. The number of benzene rings is 2. The van der Waals surface area contributed by atoms with Crippen molar-refractivity contribution >= 4 is 26.1 Å². The molecule has 2 aromatic rings. The van der Waals surface area contributed by atoms with Crippen LogP contribution in [0, 0.1) is 0 Å². The zero-order valence-corrected chi connectivity index (χ0v) is 21.1. The highest BCUT2D eigenvalue weighted by atomic mass is 31.0. The number of aliphatic hydroxyl groups is 1. The Balaban J connectivity index is 1.45. The van der Waals surface area contributed by atoms with E-state index in [1.807, 2.05) is 44.2 Å². The quantitative estimate of drug-likeness (QED) is 0.471. The van der Waals surface area contributed by atoms with Gasteiger partial charge in [-0.3, -0.25) is 9.69 Å². The molecule has 1 amide bonds. The summed E-state index contributed by atoms with van der Waals surface area (Å²) in [6, 6.07) is 12.3. The maximum absolute atomic E-state index is 13.5. The molecule has 0 aliphatic carbocycles. The minimum absolute atomic E-state index is 0.115. The summed E-state index contributed by atoms with van der Waals surface area (Å²) in [5, 5.41) is 15.1. The fraction of sp³-hybridized carbons (Fsp3) is 0.370. The second-order valence-electron chi connectivity index (χ2n) is 8.82. The first-order valence-electron chi connectivity index (χ1n) is 11.9. The molecule has 4 rings (SSSR count). The first kappa shape index (κ1) is 24.5. The second kappa shape index (κ2) is 11.2. The number of hydrogen-bond donors (Lipinski definition) is 2. The monoisotopic (exact) mass is 479 g/mol. The molecule has 2 aromatic carbocycles. The molecule has 34 heavy (non-hydrogen) atoms. The number of carbonyl (C=O) groups is 1. The Labute approximate surface area is 204 Å². The SMILES string of the molecule is C/C=C\C(=C/C)Nc1cc(P)c2c(c1)C(=O)N(CC(O)CN1CCc3ccccc3C1)CCO2. The van der Waals surface area contributed by atoms with Crippen LogP contribution >= 0.6 is 9.24 Å². The van der Waals surface area contributed by atoms with Crippen LogP contribution in [0.1, 0.15) is 35.3 Å². The van der Waals surface area contributed by atoms with Crippen LogP contribution in [0.15, 0.2) is 60.3 Å². The van der Waals surface area contributed by atoms with Crippen molar-refractivity contribution in [3.63, 3.8) is 0 Å². The summed E-state index contributed by atoms with van der Waals surface area (Å²) in [7, 11) is 2.67. The number of anilines is 1. The van der Waals surface area contributed by atoms with Crippen LogP contribution in [0.5, 0.6) is 5.75 Å². The molecular formula is C27H34N3O3P. The first-order valence-corrected chi connectivity index (χ1v) is 12.4. The van der Waals surface area contributed by atoms with Gasteiger partial charge in [0.1, 0.15) is 12.4 Å². The standard InChI is InChI=1S/C27H34N3O3P/c1-3-7-21(4-2)28-22-14-24-26(25(34)15-22)33-13-12-30(27(24)32)18-23(31)17-29-11-10-19-8-5-6-9-20(19)16-29/h3-9,14-15,23,28,31H,10-13,16-18,34H2,1-2H3/b7-3-,21-4+. The lowest BCUT2D eigenvalue weighted by Crippen LogP contribution is -2.44. The van der Waals surface area contributed by atoms with Crippen LogP contribution in [0.4, 0.5) is 5.69 Å². The number of hydrogen-bond acceptors (Lipinski definition) is 5. The summed E-state index contributed by atoms with van der Waals surface area (Å²) in [6.45, 7) is 7.34. The summed E-state index contributed by atoms with van der Waals surface area (Å²) >= 11 is 0. The molecule has 2 heterocycles. The van der Waals surface area contributed by atoms with Gasteiger partial charge in [-0.15, -0.1) is 9.24 Å². The molecule has 2 unspecified atom stereocenters. The molecule has 0 bridgehead atoms. The largest absolute Gasteiger partial charge is 0.490 e. The first-order chi connectivity index (χ1) is 16.5. The van der Waals surface area contributed by atoms with Gasteiger partial charge in [0.15, 0.2) is 0 Å². The Morgan fingerprint density at radius 2 is 2.00 bits per heavy atom. The van der Waals surface area contributed by atoms with Gasteiger partial charge in [-0.1, -0.05) is 36.4 Å². The molecular weight excluding hydrogens is 445 g/mol. The Hall–Kier alpha value is -2.66. The molecule has 0 saturated carbocycles. The van der Waals surface area contributed by atoms with E-state index in [2.05, 4.69) is 43.7 Å². The molecule has 0 radical (unpaired) electrons. The molecule has 7 heteroatoms. The van der Waals surface area contributed by atoms with Gasteiger partial charge >= 0.3 is 0 Å². The number of nitrogens with zero attached hydrogens (tertiary/aromatic N) is 2. The predicted octanol–water partition coefficient (Wildman–Crippen LogP) is 3.33. The van der Waals surface area contributed by atoms with Crippen LogP contribution in [0.3, 0.4) is 0 Å². The Kier molecular flexibility index (Phi) is 8.04. The van der Waals surface area contributed by atoms with E-state index in [9.17, 15) is 9.90 Å². The average Bonchev–Trinajstić information content (AvgIpc) is 2.98. The number of ether oxygens (including phenoxy) is 1. The highest BCUT2D eigenvalue weighted by molar-refractivity contribution is 7.27. The smallest absolute Gasteiger partial charge is 0.257 e. The van der Waals surface area contributed by atoms with Crippen LogP contribution in [0.2, 0.25) is 0 Å². The molecule has 0 fully saturated rings. The number of fused-ring (bicyclic) bond motifs is 2. The number of amides is 1. The third-order valence-corrected chi connectivity index (χ3v) is 6.73. The van der Waals surface area contributed by atoms with E-state index in [-0.39, 0.29) is 12.5 Å². The number of rotatable bonds is 7. The number of β-amino-alcohol motifs (C(OH)–C–C–N with tert-alkyl or cyclic N) is 1. The summed E-state index contributed by atoms with van der Waals surface area (Å²) in [5.41, 5.74) is 4.99. The van der Waals surface area contributed by atoms with Gasteiger partial charge in [-0.05, 0) is 49.6 Å². The number of carbonyl (C=O) groups excluding carboxylic acids is 1. The van der Waals surface area contributed by atoms with Crippen LogP contribution in [-0.4, -0.2) is 59.7 Å². The molecule has 6 nitrogen and oxygen atoms in total. The fourth-order valence-corrected chi connectivity index (χ4v) is 5.04. The lowest BCUT2D eigenvalue weighted by atomic mass is 10.00. The summed E-state index contributed by atoms with van der Waals surface area (Å²) in [6.07, 6.45) is 6.28. The highest BCUT2D eigenvalue weighted by Crippen LogP contribution is 2.28. The third kappa shape index (κ3) is 5.69. The van der Waals surface area contributed by atoms with Crippen LogP contribution < -0.4 is 15.4 Å². The topological polar surface area (TPSA) is 65.0 Å². The van der Waals surface area contributed by atoms with Gasteiger partial charge in [0.2, 0.25) is 0 Å². The van der Waals surface area contributed by atoms with Gasteiger partial charge in [-0.25, -0.2) is 0 Å². The van der Waals surface area contributed by atoms with Gasteiger partial charge in [0.05, 0.1) is 18.2 Å². The van der Waals surface area contributed by atoms with Crippen molar-refractivity contribution < 1.29 is 14.6 Å². The molecule has 2 atom stereocenters. The van der Waals surface area contributed by atoms with E-state index >= 15 is 0 Å². The Bertz CT molecular complexity index is 1100. The average molecular weight is 480 g/mol. The van der Waals surface area contributed by atoms with Crippen LogP contribution in [-0.2, 0) is 13.0 Å². The molecule has 2 aliphatic rings. The van der Waals surface area contributed by atoms with Gasteiger partial charge in [0.25, 0.3) is 5.91 Å². The molecule has 0 spiro atoms. The van der Waals surface area contributed by atoms with Crippen molar-refractivity contribution in [1.82, 2.24) is 9.80 Å². The number of aliphatic hydroxyl groups excluding tert-OH is 1. The molecule has 2 aliphatic heterocycles. The lowest BCUT2D eigenvalue weighted by molar-refractivity contribution is 0.0501. The van der Waals surface area contributed by atoms with E-state index in [1.165, 1.54) is 11.1 Å². The maximum Gasteiger partial charge on any atom is 0.257 e. The zero-order chi connectivity index (χ0) is 24.1. The van der Waals surface area contributed by atoms with E-state index in [4.69, 9.17) is 4.74 Å². The lowest BCUT2D eigenvalue weighted by Gasteiger charge is -2.32. The van der Waals surface area contributed by atoms with Crippen LogP contribution in [0.25, 0.3) is 0 Å². The number of allylic oxidation sites excluding steroid dienone is 3. The summed E-state index contributed by atoms with van der Waals surface area (Å²) in [5.74, 6) is 0.481. The normalized spacial score (nSPS) is 17.7. The van der Waals surface area contributed by atoms with Gasteiger partial charge < -0.3 is 20.1 Å². The molecule has 0 aromatic heterocycles. The van der Waals surface area contributed by atoms with Gasteiger partial charge in [-0.2, -0.15) is 0 Å². The van der Waals surface area contributed by atoms with Crippen molar-refractivity contribution in [2.45, 2.75) is 32.9 Å². The summed E-state index contributed by atoms with van der Waals surface area (Å²) in [4.78, 5) is 17.4. The van der Waals surface area contributed by atoms with Crippen molar-refractivity contribution in [3.05, 3.63) is 77.0 Å². The van der Waals surface area contributed by atoms with Crippen molar-refractivity contribution in [2.75, 3.05) is 38.1 Å². The Morgan fingerprint density at radius 1 is 1.21 bits per heavy atom. The van der Waals surface area contributed by atoms with E-state index in [1.54, 1.807) is 4.90 Å². The predicted molar refractivity (Wildman–Crippen MR) is 141 cm³/mol. The maximum atomic E-state index is 13.5. The molecule has 0 saturated heterocycles. The fourth-order valence-electron chi connectivity index (χ4n) is 4.62. The highest BCUT2D eigenvalue weighted by Gasteiger charge is 2.28. The van der Waals surface area contributed by atoms with Crippen molar-refractivity contribution in [2.24, 2.45) is 0 Å². The van der Waals surface area contributed by atoms with E-state index < -0.39 is 6.10 Å². The summed E-state index contributed by atoms with van der Waals surface area (Å²) < 4.78 is 5.95. The molecule has 2 N–H and O–H groups in total. The van der Waals surface area contributed by atoms with E-state index in [0.29, 0.717) is 31.0 Å². The van der Waals surface area contributed by atoms with Crippen molar-refractivity contribution in [1.29, 1.82) is 0 Å². The minimum Gasteiger partial charge on any atom is -0.490 e. The number of nitrogens with one attached hydrogen (secondary N) is 1. The van der Waals surface area contributed by atoms with Gasteiger partial charge in [0, 0.05) is 42.9 Å². The zero-order valence-electron chi connectivity index (χ0n) is 20.0.